The molecule has 1 fully saturated rings. The number of nitrogens with one attached hydrogen (secondary N) is 1. The molecule has 0 aliphatic carbocycles. The van der Waals surface area contributed by atoms with Crippen molar-refractivity contribution >= 4 is 23.1 Å². The minimum Gasteiger partial charge on any atom is -0.365 e. The van der Waals surface area contributed by atoms with Gasteiger partial charge in [-0.1, -0.05) is 0 Å². The molecule has 0 saturated carbocycles. The van der Waals surface area contributed by atoms with Crippen LogP contribution >= 0.6 is 0 Å². The quantitative estimate of drug-likeness (QED) is 0.861. The fourth-order valence-electron chi connectivity index (χ4n) is 2.76. The lowest BCUT2D eigenvalue weighted by Gasteiger charge is -2.24. The Morgan fingerprint density at radius 1 is 1.55 bits per heavy atom. The van der Waals surface area contributed by atoms with Crippen LogP contribution in [0.3, 0.4) is 0 Å². The van der Waals surface area contributed by atoms with E-state index in [1.807, 2.05) is 17.6 Å². The highest BCUT2D eigenvalue weighted by atomic mass is 16.5. The molecule has 1 aromatic heterocycles. The first-order valence-electron chi connectivity index (χ1n) is 7.00. The van der Waals surface area contributed by atoms with Gasteiger partial charge in [0.15, 0.2) is 0 Å². The highest BCUT2D eigenvalue weighted by Gasteiger charge is 2.21. The zero-order valence-corrected chi connectivity index (χ0v) is 12.1. The van der Waals surface area contributed by atoms with Crippen LogP contribution in [0.15, 0.2) is 18.2 Å². The van der Waals surface area contributed by atoms with Crippen LogP contribution < -0.4 is 5.32 Å². The minimum absolute atomic E-state index is 0.0417. The summed E-state index contributed by atoms with van der Waals surface area (Å²) in [6.45, 7) is 2.82. The fraction of sp³-hybridized carbons (Fsp3) is 0.312. The van der Waals surface area contributed by atoms with E-state index in [0.717, 1.165) is 22.8 Å². The second-order valence-electron chi connectivity index (χ2n) is 5.32. The molecule has 0 unspecified atom stereocenters. The Balaban J connectivity index is 2.01. The molecular formula is C16H15N3O3. The molecule has 2 aromatic rings. The average molecular weight is 297 g/mol. The predicted molar refractivity (Wildman–Crippen MR) is 79.5 cm³/mol. The van der Waals surface area contributed by atoms with E-state index in [9.17, 15) is 14.9 Å². The van der Waals surface area contributed by atoms with Gasteiger partial charge in [0.1, 0.15) is 24.7 Å². The number of aryl methyl sites for hydroxylation is 1. The number of carbonyl (C=O) groups is 2. The summed E-state index contributed by atoms with van der Waals surface area (Å²) in [5, 5.41) is 13.0. The van der Waals surface area contributed by atoms with E-state index in [1.54, 1.807) is 12.1 Å². The van der Waals surface area contributed by atoms with Crippen LogP contribution in [0.25, 0.3) is 10.9 Å². The molecule has 1 amide bonds. The number of aldehydes is 1. The summed E-state index contributed by atoms with van der Waals surface area (Å²) >= 11 is 0. The van der Waals surface area contributed by atoms with Gasteiger partial charge in [0.25, 0.3) is 0 Å². The molecule has 1 atom stereocenters. The van der Waals surface area contributed by atoms with Crippen molar-refractivity contribution in [1.29, 1.82) is 5.26 Å². The molecule has 1 aliphatic rings. The van der Waals surface area contributed by atoms with Crippen molar-refractivity contribution in [1.82, 2.24) is 9.88 Å². The summed E-state index contributed by atoms with van der Waals surface area (Å²) in [5.41, 5.74) is 2.89. The van der Waals surface area contributed by atoms with Crippen LogP contribution in [0.2, 0.25) is 0 Å². The molecule has 0 spiro atoms. The van der Waals surface area contributed by atoms with Gasteiger partial charge in [-0.3, -0.25) is 9.59 Å². The van der Waals surface area contributed by atoms with Crippen LogP contribution in [0, 0.1) is 18.3 Å². The number of nitrogens with zero attached hydrogens (tertiary/aromatic N) is 2. The maximum Gasteiger partial charge on any atom is 0.246 e. The van der Waals surface area contributed by atoms with E-state index in [0.29, 0.717) is 24.3 Å². The van der Waals surface area contributed by atoms with Gasteiger partial charge in [-0.15, -0.1) is 0 Å². The normalized spacial score (nSPS) is 18.0. The van der Waals surface area contributed by atoms with Crippen molar-refractivity contribution in [3.63, 3.8) is 0 Å². The van der Waals surface area contributed by atoms with Gasteiger partial charge >= 0.3 is 0 Å². The topological polar surface area (TPSA) is 84.1 Å². The zero-order chi connectivity index (χ0) is 15.7. The number of carbonyl (C=O) groups excluding carboxylic acids is 2. The molecule has 6 heteroatoms. The van der Waals surface area contributed by atoms with Crippen LogP contribution in [-0.2, 0) is 16.1 Å². The van der Waals surface area contributed by atoms with Crippen molar-refractivity contribution in [2.75, 3.05) is 13.2 Å². The Kier molecular flexibility index (Phi) is 3.65. The number of aromatic nitrogens is 1. The lowest BCUT2D eigenvalue weighted by Crippen LogP contribution is -2.44. The Hall–Kier alpha value is -2.65. The van der Waals surface area contributed by atoms with E-state index in [2.05, 4.69) is 11.4 Å². The maximum atomic E-state index is 11.1. The summed E-state index contributed by atoms with van der Waals surface area (Å²) in [7, 11) is 0. The molecule has 112 valence electrons. The maximum absolute atomic E-state index is 11.1. The fourth-order valence-corrected chi connectivity index (χ4v) is 2.76. The Morgan fingerprint density at radius 2 is 2.36 bits per heavy atom. The molecule has 1 aliphatic heterocycles. The van der Waals surface area contributed by atoms with Gasteiger partial charge < -0.3 is 14.6 Å². The zero-order valence-electron chi connectivity index (χ0n) is 12.1. The molecule has 0 bridgehead atoms. The number of benzene rings is 1. The van der Waals surface area contributed by atoms with Crippen LogP contribution in [0.4, 0.5) is 0 Å². The first-order valence-corrected chi connectivity index (χ1v) is 7.00. The summed E-state index contributed by atoms with van der Waals surface area (Å²) in [5.74, 6) is -0.124. The van der Waals surface area contributed by atoms with Crippen molar-refractivity contribution < 1.29 is 14.3 Å². The number of ether oxygens (including phenoxy) is 1. The molecular weight excluding hydrogens is 282 g/mol. The van der Waals surface area contributed by atoms with E-state index in [-0.39, 0.29) is 18.6 Å². The molecule has 22 heavy (non-hydrogen) atoms. The molecule has 1 aromatic carbocycles. The van der Waals surface area contributed by atoms with Crippen molar-refractivity contribution in [2.24, 2.45) is 0 Å². The number of hydrogen-bond donors (Lipinski definition) is 1. The van der Waals surface area contributed by atoms with E-state index >= 15 is 0 Å². The third-order valence-corrected chi connectivity index (χ3v) is 4.00. The van der Waals surface area contributed by atoms with Crippen molar-refractivity contribution in [3.8, 4) is 6.07 Å². The number of hydrogen-bond acceptors (Lipinski definition) is 4. The molecule has 3 rings (SSSR count). The molecule has 2 heterocycles. The number of rotatable bonds is 3. The van der Waals surface area contributed by atoms with Gasteiger partial charge in [0, 0.05) is 23.0 Å². The molecule has 1 N–H and O–H groups in total. The predicted octanol–water partition coefficient (Wildman–Crippen LogP) is 1.15. The first-order chi connectivity index (χ1) is 10.6. The first kappa shape index (κ1) is 14.3. The van der Waals surface area contributed by atoms with Crippen molar-refractivity contribution in [3.05, 3.63) is 35.0 Å². The highest BCUT2D eigenvalue weighted by molar-refractivity contribution is 5.92. The lowest BCUT2D eigenvalue weighted by molar-refractivity contribution is -0.133. The van der Waals surface area contributed by atoms with E-state index in [1.165, 1.54) is 0 Å². The average Bonchev–Trinajstić information content (AvgIpc) is 2.89. The molecule has 0 radical (unpaired) electrons. The third kappa shape index (κ3) is 2.36. The van der Waals surface area contributed by atoms with Gasteiger partial charge in [0.05, 0.1) is 12.6 Å². The Labute approximate surface area is 127 Å². The summed E-state index contributed by atoms with van der Waals surface area (Å²) in [6, 6.07) is 7.57. The highest BCUT2D eigenvalue weighted by Crippen LogP contribution is 2.25. The number of fused-ring (bicyclic) bond motifs is 1. The second kappa shape index (κ2) is 5.62. The van der Waals surface area contributed by atoms with Crippen LogP contribution in [0.5, 0.6) is 0 Å². The summed E-state index contributed by atoms with van der Waals surface area (Å²) in [4.78, 5) is 22.2. The van der Waals surface area contributed by atoms with Crippen molar-refractivity contribution in [2.45, 2.75) is 19.6 Å². The second-order valence-corrected chi connectivity index (χ2v) is 5.32. The Morgan fingerprint density at radius 3 is 3.00 bits per heavy atom. The van der Waals surface area contributed by atoms with Crippen LogP contribution in [0.1, 0.15) is 21.6 Å². The van der Waals surface area contributed by atoms with Gasteiger partial charge in [-0.2, -0.15) is 5.26 Å². The minimum atomic E-state index is -0.175. The SMILES string of the molecule is Cc1c(C=O)ccc2c1cc(C#N)n2C[C@H]1CNC(=O)CO1. The van der Waals surface area contributed by atoms with E-state index < -0.39 is 0 Å². The summed E-state index contributed by atoms with van der Waals surface area (Å²) in [6.07, 6.45) is 0.643. The largest absolute Gasteiger partial charge is 0.365 e. The van der Waals surface area contributed by atoms with Crippen LogP contribution in [-0.4, -0.2) is 36.0 Å². The summed E-state index contributed by atoms with van der Waals surface area (Å²) < 4.78 is 7.36. The number of amides is 1. The van der Waals surface area contributed by atoms with Gasteiger partial charge in [-0.25, -0.2) is 0 Å². The third-order valence-electron chi connectivity index (χ3n) is 4.00. The Bertz CT molecular complexity index is 791. The van der Waals surface area contributed by atoms with Gasteiger partial charge in [0.2, 0.25) is 5.91 Å². The standard InChI is InChI=1S/C16H15N3O3/c1-10-11(8-20)2-3-15-14(10)4-12(5-17)19(15)7-13-6-18-16(21)9-22-13/h2-4,8,13H,6-7,9H2,1H3,(H,18,21)/t13-/m1/s1. The lowest BCUT2D eigenvalue weighted by atomic mass is 10.1. The molecule has 6 nitrogen and oxygen atoms in total. The molecule has 1 saturated heterocycles. The van der Waals surface area contributed by atoms with E-state index in [4.69, 9.17) is 4.74 Å². The number of nitriles is 1. The van der Waals surface area contributed by atoms with Gasteiger partial charge in [-0.05, 0) is 30.7 Å². The smallest absolute Gasteiger partial charge is 0.246 e. The monoisotopic (exact) mass is 297 g/mol. The number of morpholine rings is 1.